The number of hydroxylamine groups is 1. The number of hydrogen-bond donors (Lipinski definition) is 2. The molecule has 3 rings (SSSR count). The first-order chi connectivity index (χ1) is 16.4. The number of carbonyl (C=O) groups is 2. The summed E-state index contributed by atoms with van der Waals surface area (Å²) >= 11 is 0. The molecule has 0 spiro atoms. The molecule has 1 atom stereocenters. The minimum atomic E-state index is -4.12. The van der Waals surface area contributed by atoms with Crippen LogP contribution in [0.1, 0.15) is 64.2 Å². The average molecular weight is 496 g/mol. The van der Waals surface area contributed by atoms with Crippen LogP contribution in [0.15, 0.2) is 29.2 Å². The fraction of sp³-hybridized carbons (Fsp3) is 0.667. The smallest absolute Gasteiger partial charge is 0.261 e. The lowest BCUT2D eigenvalue weighted by Crippen LogP contribution is -2.51. The van der Waals surface area contributed by atoms with Gasteiger partial charge in [-0.3, -0.25) is 14.8 Å². The summed E-state index contributed by atoms with van der Waals surface area (Å²) in [6.45, 7) is 1.22. The topological polar surface area (TPSA) is 116 Å². The molecule has 0 radical (unpaired) electrons. The standard InChI is InChI=1S/C24H37N3O6S/c1-33-20-10-12-21(13-11-20)34(31,32)27(17-14-23(28)26-15-6-3-7-16-26)22(24(29)25-30)18-19-8-4-2-5-9-19/h10-13,19,22,30H,2-9,14-18H2,1H3,(H,25,29). The number of nitrogens with zero attached hydrogens (tertiary/aromatic N) is 2. The molecule has 9 nitrogen and oxygen atoms in total. The lowest BCUT2D eigenvalue weighted by Gasteiger charge is -2.34. The molecule has 2 amide bonds. The number of rotatable bonds is 10. The summed E-state index contributed by atoms with van der Waals surface area (Å²) in [6, 6.07) is 4.86. The van der Waals surface area contributed by atoms with E-state index < -0.39 is 22.0 Å². The van der Waals surface area contributed by atoms with Gasteiger partial charge in [-0.15, -0.1) is 0 Å². The fourth-order valence-corrected chi connectivity index (χ4v) is 6.60. The van der Waals surface area contributed by atoms with Crippen LogP contribution < -0.4 is 10.2 Å². The third-order valence-electron chi connectivity index (χ3n) is 6.96. The first-order valence-corrected chi connectivity index (χ1v) is 13.7. The number of nitrogens with one attached hydrogen (secondary N) is 1. The molecule has 190 valence electrons. The maximum absolute atomic E-state index is 13.7. The van der Waals surface area contributed by atoms with Crippen molar-refractivity contribution in [3.8, 4) is 5.75 Å². The molecular formula is C24H37N3O6S. The Hall–Kier alpha value is -2.17. The van der Waals surface area contributed by atoms with E-state index in [9.17, 15) is 23.2 Å². The molecule has 1 aliphatic heterocycles. The Bertz CT molecular complexity index is 909. The van der Waals surface area contributed by atoms with Crippen molar-refractivity contribution in [2.75, 3.05) is 26.7 Å². The average Bonchev–Trinajstić information content (AvgIpc) is 2.88. The van der Waals surface area contributed by atoms with Crippen molar-refractivity contribution >= 4 is 21.8 Å². The molecule has 0 bridgehead atoms. The number of carbonyl (C=O) groups excluding carboxylic acids is 2. The molecule has 10 heteroatoms. The first-order valence-electron chi connectivity index (χ1n) is 12.2. The Balaban J connectivity index is 1.88. The SMILES string of the molecule is COc1ccc(S(=O)(=O)N(CCC(=O)N2CCCCC2)C(CC2CCCCC2)C(=O)NO)cc1. The van der Waals surface area contributed by atoms with Crippen molar-refractivity contribution in [2.24, 2.45) is 5.92 Å². The molecular weight excluding hydrogens is 458 g/mol. The second kappa shape index (κ2) is 12.5. The van der Waals surface area contributed by atoms with Crippen LogP contribution in [-0.4, -0.2) is 67.4 Å². The molecule has 1 heterocycles. The van der Waals surface area contributed by atoms with Crippen LogP contribution in [0.4, 0.5) is 0 Å². The highest BCUT2D eigenvalue weighted by molar-refractivity contribution is 7.89. The van der Waals surface area contributed by atoms with Gasteiger partial charge in [0.05, 0.1) is 12.0 Å². The lowest BCUT2D eigenvalue weighted by molar-refractivity contribution is -0.135. The zero-order valence-electron chi connectivity index (χ0n) is 19.9. The largest absolute Gasteiger partial charge is 0.497 e. The van der Waals surface area contributed by atoms with Crippen LogP contribution in [0.25, 0.3) is 0 Å². The Labute approximate surface area is 202 Å². The van der Waals surface area contributed by atoms with Crippen molar-refractivity contribution in [1.29, 1.82) is 0 Å². The van der Waals surface area contributed by atoms with E-state index in [1.165, 1.54) is 19.2 Å². The number of amides is 2. The molecule has 1 unspecified atom stereocenters. The quantitative estimate of drug-likeness (QED) is 0.381. The van der Waals surface area contributed by atoms with Crippen molar-refractivity contribution in [2.45, 2.75) is 75.1 Å². The summed E-state index contributed by atoms with van der Waals surface area (Å²) in [4.78, 5) is 27.4. The van der Waals surface area contributed by atoms with Crippen LogP contribution in [0, 0.1) is 5.92 Å². The second-order valence-electron chi connectivity index (χ2n) is 9.21. The third-order valence-corrected chi connectivity index (χ3v) is 8.89. The van der Waals surface area contributed by atoms with Gasteiger partial charge in [0.25, 0.3) is 5.91 Å². The van der Waals surface area contributed by atoms with Gasteiger partial charge in [0.1, 0.15) is 11.8 Å². The minimum Gasteiger partial charge on any atom is -0.497 e. The molecule has 2 N–H and O–H groups in total. The maximum atomic E-state index is 13.7. The van der Waals surface area contributed by atoms with Gasteiger partial charge < -0.3 is 9.64 Å². The van der Waals surface area contributed by atoms with Crippen LogP contribution >= 0.6 is 0 Å². The van der Waals surface area contributed by atoms with Crippen LogP contribution in [0.5, 0.6) is 5.75 Å². The molecule has 2 aliphatic rings. The number of hydrogen-bond acceptors (Lipinski definition) is 6. The molecule has 1 aliphatic carbocycles. The van der Waals surface area contributed by atoms with Gasteiger partial charge in [-0.25, -0.2) is 13.9 Å². The number of methoxy groups -OCH3 is 1. The van der Waals surface area contributed by atoms with Crippen LogP contribution in [-0.2, 0) is 19.6 Å². The third kappa shape index (κ3) is 6.70. The molecule has 0 aromatic heterocycles. The van der Waals surface area contributed by atoms with E-state index in [4.69, 9.17) is 4.74 Å². The molecule has 34 heavy (non-hydrogen) atoms. The number of benzene rings is 1. The Morgan fingerprint density at radius 2 is 1.71 bits per heavy atom. The molecule has 1 saturated carbocycles. The van der Waals surface area contributed by atoms with Crippen molar-refractivity contribution in [1.82, 2.24) is 14.7 Å². The van der Waals surface area contributed by atoms with Gasteiger partial charge in [0, 0.05) is 26.1 Å². The van der Waals surface area contributed by atoms with E-state index in [1.807, 2.05) is 0 Å². The zero-order chi connectivity index (χ0) is 24.6. The number of ether oxygens (including phenoxy) is 1. The first kappa shape index (κ1) is 26.4. The van der Waals surface area contributed by atoms with E-state index in [0.717, 1.165) is 55.7 Å². The summed E-state index contributed by atoms with van der Waals surface area (Å²) in [7, 11) is -2.63. The van der Waals surface area contributed by atoms with Crippen molar-refractivity contribution in [3.05, 3.63) is 24.3 Å². The molecule has 1 aromatic carbocycles. The van der Waals surface area contributed by atoms with Gasteiger partial charge >= 0.3 is 0 Å². The summed E-state index contributed by atoms with van der Waals surface area (Å²) in [6.07, 6.45) is 8.29. The predicted octanol–water partition coefficient (Wildman–Crippen LogP) is 2.93. The number of piperidine rings is 1. The minimum absolute atomic E-state index is 0.0121. The zero-order valence-corrected chi connectivity index (χ0v) is 20.8. The van der Waals surface area contributed by atoms with Gasteiger partial charge in [-0.2, -0.15) is 4.31 Å². The summed E-state index contributed by atoms with van der Waals surface area (Å²) in [5.41, 5.74) is 1.67. The van der Waals surface area contributed by atoms with Crippen LogP contribution in [0.3, 0.4) is 0 Å². The van der Waals surface area contributed by atoms with E-state index in [1.54, 1.807) is 22.5 Å². The molecule has 1 saturated heterocycles. The molecule has 1 aromatic rings. The Kier molecular flexibility index (Phi) is 9.73. The van der Waals surface area contributed by atoms with E-state index in [0.29, 0.717) is 25.3 Å². The fourth-order valence-electron chi connectivity index (χ4n) is 5.00. The molecule has 2 fully saturated rings. The summed E-state index contributed by atoms with van der Waals surface area (Å²) in [5, 5.41) is 9.46. The van der Waals surface area contributed by atoms with Gasteiger partial charge in [-0.1, -0.05) is 32.1 Å². The highest BCUT2D eigenvalue weighted by atomic mass is 32.2. The monoisotopic (exact) mass is 495 g/mol. The van der Waals surface area contributed by atoms with Crippen LogP contribution in [0.2, 0.25) is 0 Å². The van der Waals surface area contributed by atoms with E-state index in [-0.39, 0.29) is 29.7 Å². The van der Waals surface area contributed by atoms with Crippen molar-refractivity contribution < 1.29 is 28.0 Å². The highest BCUT2D eigenvalue weighted by Gasteiger charge is 2.38. The highest BCUT2D eigenvalue weighted by Crippen LogP contribution is 2.31. The number of likely N-dealkylation sites (tertiary alicyclic amines) is 1. The van der Waals surface area contributed by atoms with E-state index >= 15 is 0 Å². The maximum Gasteiger partial charge on any atom is 0.261 e. The van der Waals surface area contributed by atoms with Gasteiger partial charge in [0.2, 0.25) is 15.9 Å². The van der Waals surface area contributed by atoms with Gasteiger partial charge in [-0.05, 0) is 55.9 Å². The van der Waals surface area contributed by atoms with E-state index in [2.05, 4.69) is 0 Å². The predicted molar refractivity (Wildman–Crippen MR) is 127 cm³/mol. The normalized spacial score (nSPS) is 18.5. The summed E-state index contributed by atoms with van der Waals surface area (Å²) in [5.74, 6) is -0.191. The Morgan fingerprint density at radius 1 is 1.09 bits per heavy atom. The lowest BCUT2D eigenvalue weighted by atomic mass is 9.84. The van der Waals surface area contributed by atoms with Gasteiger partial charge in [0.15, 0.2) is 0 Å². The number of sulfonamides is 1. The van der Waals surface area contributed by atoms with Crippen molar-refractivity contribution in [3.63, 3.8) is 0 Å². The Morgan fingerprint density at radius 3 is 2.29 bits per heavy atom. The second-order valence-corrected chi connectivity index (χ2v) is 11.1. The summed E-state index contributed by atoms with van der Waals surface area (Å²) < 4.78 is 33.7.